The molecular formula is C15H27N3O. The Morgan fingerprint density at radius 1 is 1.42 bits per heavy atom. The maximum Gasteiger partial charge on any atom is 0.203 e. The van der Waals surface area contributed by atoms with Crippen molar-refractivity contribution >= 4 is 5.95 Å². The van der Waals surface area contributed by atoms with Gasteiger partial charge in [-0.15, -0.1) is 0 Å². The van der Waals surface area contributed by atoms with Gasteiger partial charge >= 0.3 is 0 Å². The number of aryl methyl sites for hydroxylation is 1. The van der Waals surface area contributed by atoms with E-state index in [1.807, 2.05) is 6.92 Å². The van der Waals surface area contributed by atoms with Crippen molar-refractivity contribution in [2.45, 2.75) is 65.0 Å². The van der Waals surface area contributed by atoms with Crippen molar-refractivity contribution in [2.75, 3.05) is 18.5 Å². The molecule has 0 aromatic carbocycles. The Morgan fingerprint density at radius 2 is 2.11 bits per heavy atom. The summed E-state index contributed by atoms with van der Waals surface area (Å²) in [5.74, 6) is 0.997. The van der Waals surface area contributed by atoms with Crippen LogP contribution in [0.5, 0.6) is 0 Å². The fourth-order valence-corrected chi connectivity index (χ4v) is 2.84. The zero-order valence-electron chi connectivity index (χ0n) is 12.7. The summed E-state index contributed by atoms with van der Waals surface area (Å²) < 4.78 is 8.05. The van der Waals surface area contributed by atoms with Gasteiger partial charge in [-0.1, -0.05) is 12.8 Å². The van der Waals surface area contributed by atoms with Gasteiger partial charge in [-0.05, 0) is 40.5 Å². The molecule has 1 aliphatic rings. The fraction of sp³-hybridized carbons (Fsp3) is 0.800. The SMILES string of the molecule is CCOC(C)(C)CNc1nc(C)cn1C1CCCC1. The molecule has 1 N–H and O–H groups in total. The third-order valence-electron chi connectivity index (χ3n) is 3.78. The van der Waals surface area contributed by atoms with Crippen molar-refractivity contribution in [1.82, 2.24) is 9.55 Å². The minimum atomic E-state index is -0.158. The van der Waals surface area contributed by atoms with E-state index in [0.29, 0.717) is 6.04 Å². The largest absolute Gasteiger partial charge is 0.374 e. The second-order valence-electron chi connectivity index (χ2n) is 6.10. The summed E-state index contributed by atoms with van der Waals surface area (Å²) in [4.78, 5) is 4.61. The molecule has 108 valence electrons. The first-order valence-corrected chi connectivity index (χ1v) is 7.45. The molecule has 0 radical (unpaired) electrons. The highest BCUT2D eigenvalue weighted by Gasteiger charge is 2.22. The van der Waals surface area contributed by atoms with Crippen LogP contribution in [0.25, 0.3) is 0 Å². The van der Waals surface area contributed by atoms with Crippen molar-refractivity contribution < 1.29 is 4.74 Å². The lowest BCUT2D eigenvalue weighted by Gasteiger charge is -2.26. The minimum Gasteiger partial charge on any atom is -0.374 e. The predicted molar refractivity (Wildman–Crippen MR) is 78.7 cm³/mol. The van der Waals surface area contributed by atoms with E-state index in [-0.39, 0.29) is 5.60 Å². The normalized spacial score (nSPS) is 17.1. The predicted octanol–water partition coefficient (Wildman–Crippen LogP) is 3.53. The van der Waals surface area contributed by atoms with Gasteiger partial charge in [0.25, 0.3) is 0 Å². The molecule has 0 unspecified atom stereocenters. The molecule has 0 atom stereocenters. The number of nitrogens with zero attached hydrogens (tertiary/aromatic N) is 2. The zero-order valence-corrected chi connectivity index (χ0v) is 12.7. The first kappa shape index (κ1) is 14.4. The first-order chi connectivity index (χ1) is 9.02. The van der Waals surface area contributed by atoms with Gasteiger partial charge in [0, 0.05) is 25.4 Å². The van der Waals surface area contributed by atoms with Gasteiger partial charge in [-0.2, -0.15) is 0 Å². The van der Waals surface area contributed by atoms with Crippen LogP contribution in [0.4, 0.5) is 5.95 Å². The molecule has 19 heavy (non-hydrogen) atoms. The number of nitrogens with one attached hydrogen (secondary N) is 1. The number of aromatic nitrogens is 2. The highest BCUT2D eigenvalue weighted by atomic mass is 16.5. The summed E-state index contributed by atoms with van der Waals surface area (Å²) in [6.45, 7) is 9.84. The molecule has 1 aromatic rings. The molecule has 0 amide bonds. The molecule has 0 aliphatic heterocycles. The number of ether oxygens (including phenoxy) is 1. The van der Waals surface area contributed by atoms with Crippen molar-refractivity contribution in [3.05, 3.63) is 11.9 Å². The van der Waals surface area contributed by atoms with Crippen molar-refractivity contribution in [1.29, 1.82) is 0 Å². The van der Waals surface area contributed by atoms with Gasteiger partial charge in [0.2, 0.25) is 5.95 Å². The van der Waals surface area contributed by atoms with E-state index in [0.717, 1.165) is 24.8 Å². The second kappa shape index (κ2) is 5.95. The smallest absolute Gasteiger partial charge is 0.203 e. The monoisotopic (exact) mass is 265 g/mol. The molecule has 4 nitrogen and oxygen atoms in total. The summed E-state index contributed by atoms with van der Waals surface area (Å²) >= 11 is 0. The van der Waals surface area contributed by atoms with Gasteiger partial charge in [0.15, 0.2) is 0 Å². The number of imidazole rings is 1. The minimum absolute atomic E-state index is 0.158. The van der Waals surface area contributed by atoms with Crippen LogP contribution >= 0.6 is 0 Å². The van der Waals surface area contributed by atoms with Crippen LogP contribution in [0.2, 0.25) is 0 Å². The summed E-state index contributed by atoms with van der Waals surface area (Å²) in [6, 6.07) is 0.624. The maximum absolute atomic E-state index is 5.72. The van der Waals surface area contributed by atoms with E-state index in [9.17, 15) is 0 Å². The molecule has 1 aromatic heterocycles. The lowest BCUT2D eigenvalue weighted by Crippen LogP contribution is -2.34. The lowest BCUT2D eigenvalue weighted by atomic mass is 10.1. The Morgan fingerprint density at radius 3 is 2.74 bits per heavy atom. The second-order valence-corrected chi connectivity index (χ2v) is 6.10. The van der Waals surface area contributed by atoms with E-state index in [2.05, 4.69) is 41.8 Å². The average Bonchev–Trinajstić information content (AvgIpc) is 2.95. The highest BCUT2D eigenvalue weighted by Crippen LogP contribution is 2.32. The molecule has 2 rings (SSSR count). The average molecular weight is 265 g/mol. The number of anilines is 1. The summed E-state index contributed by atoms with van der Waals surface area (Å²) in [5, 5.41) is 3.46. The van der Waals surface area contributed by atoms with Crippen molar-refractivity contribution in [3.63, 3.8) is 0 Å². The highest BCUT2D eigenvalue weighted by molar-refractivity contribution is 5.30. The number of hydrogen-bond donors (Lipinski definition) is 1. The van der Waals surface area contributed by atoms with Gasteiger partial charge in [0.05, 0.1) is 11.3 Å². The Balaban J connectivity index is 2.03. The fourth-order valence-electron chi connectivity index (χ4n) is 2.84. The van der Waals surface area contributed by atoms with Crippen molar-refractivity contribution in [2.24, 2.45) is 0 Å². The number of rotatable bonds is 6. The molecule has 0 saturated heterocycles. The maximum atomic E-state index is 5.72. The van der Waals surface area contributed by atoms with Crippen LogP contribution in [0.3, 0.4) is 0 Å². The summed E-state index contributed by atoms with van der Waals surface area (Å²) in [7, 11) is 0. The Kier molecular flexibility index (Phi) is 4.50. The molecule has 1 saturated carbocycles. The van der Waals surface area contributed by atoms with E-state index < -0.39 is 0 Å². The number of hydrogen-bond acceptors (Lipinski definition) is 3. The lowest BCUT2D eigenvalue weighted by molar-refractivity contribution is 0.000524. The van der Waals surface area contributed by atoms with Crippen LogP contribution < -0.4 is 5.32 Å². The van der Waals surface area contributed by atoms with Gasteiger partial charge < -0.3 is 14.6 Å². The molecule has 0 spiro atoms. The molecule has 0 bridgehead atoms. The third kappa shape index (κ3) is 3.72. The van der Waals surface area contributed by atoms with Gasteiger partial charge in [-0.3, -0.25) is 0 Å². The van der Waals surface area contributed by atoms with E-state index in [1.165, 1.54) is 25.7 Å². The van der Waals surface area contributed by atoms with E-state index in [1.54, 1.807) is 0 Å². The molecule has 1 heterocycles. The summed E-state index contributed by atoms with van der Waals surface area (Å²) in [6.07, 6.45) is 7.40. The molecular weight excluding hydrogens is 238 g/mol. The van der Waals surface area contributed by atoms with Crippen LogP contribution in [-0.4, -0.2) is 28.3 Å². The van der Waals surface area contributed by atoms with Crippen molar-refractivity contribution in [3.8, 4) is 0 Å². The zero-order chi connectivity index (χ0) is 13.9. The topological polar surface area (TPSA) is 39.1 Å². The molecule has 1 aliphatic carbocycles. The van der Waals surface area contributed by atoms with E-state index >= 15 is 0 Å². The first-order valence-electron chi connectivity index (χ1n) is 7.45. The van der Waals surface area contributed by atoms with Crippen LogP contribution in [0.15, 0.2) is 6.20 Å². The Labute approximate surface area is 116 Å². The Hall–Kier alpha value is -1.03. The molecule has 4 heteroatoms. The third-order valence-corrected chi connectivity index (χ3v) is 3.78. The standard InChI is InChI=1S/C15H27N3O/c1-5-19-15(3,4)11-16-14-17-12(2)10-18(14)13-8-6-7-9-13/h10,13H,5-9,11H2,1-4H3,(H,16,17). The van der Waals surface area contributed by atoms with Gasteiger partial charge in [0.1, 0.15) is 0 Å². The van der Waals surface area contributed by atoms with Crippen LogP contribution in [0.1, 0.15) is 58.2 Å². The van der Waals surface area contributed by atoms with E-state index in [4.69, 9.17) is 4.74 Å². The van der Waals surface area contributed by atoms with Gasteiger partial charge in [-0.25, -0.2) is 4.98 Å². The van der Waals surface area contributed by atoms with Crippen LogP contribution in [0, 0.1) is 6.92 Å². The summed E-state index contributed by atoms with van der Waals surface area (Å²) in [5.41, 5.74) is 0.929. The molecule has 1 fully saturated rings. The Bertz CT molecular complexity index is 406. The quantitative estimate of drug-likeness (QED) is 0.855. The van der Waals surface area contributed by atoms with Crippen LogP contribution in [-0.2, 0) is 4.74 Å².